The van der Waals surface area contributed by atoms with Gasteiger partial charge in [0.15, 0.2) is 0 Å². The molecule has 1 aromatic rings. The normalized spacial score (nSPS) is 13.1. The van der Waals surface area contributed by atoms with Crippen molar-refractivity contribution >= 4 is 22.4 Å². The summed E-state index contributed by atoms with van der Waals surface area (Å²) in [6, 6.07) is 0. The molecule has 0 aliphatic carbocycles. The summed E-state index contributed by atoms with van der Waals surface area (Å²) in [7, 11) is -0.723. The van der Waals surface area contributed by atoms with Crippen LogP contribution in [0.3, 0.4) is 0 Å². The van der Waals surface area contributed by atoms with E-state index in [4.69, 9.17) is 11.6 Å². The molecule has 0 saturated carbocycles. The zero-order valence-electron chi connectivity index (χ0n) is 7.44. The van der Waals surface area contributed by atoms with Gasteiger partial charge >= 0.3 is 0 Å². The number of hydrogen-bond acceptors (Lipinski definition) is 3. The van der Waals surface area contributed by atoms with Crippen molar-refractivity contribution in [2.45, 2.75) is 18.8 Å². The van der Waals surface area contributed by atoms with Crippen LogP contribution in [0.2, 0.25) is 0 Å². The standard InChI is InChI=1S/C7H12ClN3OS/c1-13(12)4-2-3-11-6-9-10-7(11)5-8/h6H,2-5H2,1H3. The minimum absolute atomic E-state index is 0.370. The Hall–Kier alpha value is -0.420. The molecule has 4 nitrogen and oxygen atoms in total. The summed E-state index contributed by atoms with van der Waals surface area (Å²) < 4.78 is 12.7. The highest BCUT2D eigenvalue weighted by atomic mass is 35.5. The molecular formula is C7H12ClN3OS. The molecule has 74 valence electrons. The van der Waals surface area contributed by atoms with Crippen LogP contribution < -0.4 is 0 Å². The second-order valence-electron chi connectivity index (χ2n) is 2.71. The van der Waals surface area contributed by atoms with Crippen molar-refractivity contribution in [3.63, 3.8) is 0 Å². The van der Waals surface area contributed by atoms with Crippen LogP contribution >= 0.6 is 11.6 Å². The van der Waals surface area contributed by atoms with Gasteiger partial charge in [-0.15, -0.1) is 21.8 Å². The lowest BCUT2D eigenvalue weighted by Gasteiger charge is -2.02. The highest BCUT2D eigenvalue weighted by Crippen LogP contribution is 2.00. The minimum Gasteiger partial charge on any atom is -0.317 e. The average molecular weight is 222 g/mol. The lowest BCUT2D eigenvalue weighted by molar-refractivity contribution is 0.645. The summed E-state index contributed by atoms with van der Waals surface area (Å²) in [5.74, 6) is 1.85. The Balaban J connectivity index is 2.40. The fraction of sp³-hybridized carbons (Fsp3) is 0.714. The van der Waals surface area contributed by atoms with E-state index in [0.29, 0.717) is 11.6 Å². The first-order valence-electron chi connectivity index (χ1n) is 3.96. The first-order valence-corrected chi connectivity index (χ1v) is 6.23. The van der Waals surface area contributed by atoms with Gasteiger partial charge < -0.3 is 4.57 Å². The summed E-state index contributed by atoms with van der Waals surface area (Å²) in [6.07, 6.45) is 4.22. The lowest BCUT2D eigenvalue weighted by Crippen LogP contribution is -2.05. The highest BCUT2D eigenvalue weighted by Gasteiger charge is 2.01. The van der Waals surface area contributed by atoms with E-state index in [1.165, 1.54) is 0 Å². The van der Waals surface area contributed by atoms with Gasteiger partial charge in [-0.3, -0.25) is 4.21 Å². The first-order chi connectivity index (χ1) is 6.24. The summed E-state index contributed by atoms with van der Waals surface area (Å²) in [6.45, 7) is 0.786. The Labute approximate surface area is 84.8 Å². The summed E-state index contributed by atoms with van der Waals surface area (Å²) in [4.78, 5) is 0. The molecule has 0 aliphatic heterocycles. The van der Waals surface area contributed by atoms with Crippen molar-refractivity contribution in [1.82, 2.24) is 14.8 Å². The zero-order valence-corrected chi connectivity index (χ0v) is 9.01. The van der Waals surface area contributed by atoms with Crippen LogP contribution in [0.1, 0.15) is 12.2 Å². The number of aryl methyl sites for hydroxylation is 1. The van der Waals surface area contributed by atoms with Crippen LogP contribution in [0.4, 0.5) is 0 Å². The average Bonchev–Trinajstić information content (AvgIpc) is 2.51. The van der Waals surface area contributed by atoms with E-state index in [1.54, 1.807) is 12.6 Å². The van der Waals surface area contributed by atoms with Crippen molar-refractivity contribution in [1.29, 1.82) is 0 Å². The van der Waals surface area contributed by atoms with Gasteiger partial charge in [0.1, 0.15) is 12.2 Å². The third-order valence-electron chi connectivity index (χ3n) is 1.65. The lowest BCUT2D eigenvalue weighted by atomic mass is 10.4. The van der Waals surface area contributed by atoms with Gasteiger partial charge in [-0.1, -0.05) is 0 Å². The van der Waals surface area contributed by atoms with Crippen LogP contribution in [0, 0.1) is 0 Å². The van der Waals surface area contributed by atoms with Gasteiger partial charge in [-0.25, -0.2) is 0 Å². The van der Waals surface area contributed by atoms with E-state index in [-0.39, 0.29) is 0 Å². The van der Waals surface area contributed by atoms with Crippen LogP contribution in [0.25, 0.3) is 0 Å². The Kier molecular flexibility index (Phi) is 4.38. The van der Waals surface area contributed by atoms with Gasteiger partial charge in [-0.05, 0) is 6.42 Å². The topological polar surface area (TPSA) is 47.8 Å². The third-order valence-corrected chi connectivity index (χ3v) is 2.75. The van der Waals surface area contributed by atoms with Crippen LogP contribution in [0.15, 0.2) is 6.33 Å². The van der Waals surface area contributed by atoms with Crippen molar-refractivity contribution in [2.75, 3.05) is 12.0 Å². The highest BCUT2D eigenvalue weighted by molar-refractivity contribution is 7.84. The van der Waals surface area contributed by atoms with E-state index in [9.17, 15) is 4.21 Å². The van der Waals surface area contributed by atoms with E-state index in [2.05, 4.69) is 10.2 Å². The smallest absolute Gasteiger partial charge is 0.147 e. The molecule has 0 radical (unpaired) electrons. The van der Waals surface area contributed by atoms with Crippen LogP contribution in [-0.4, -0.2) is 31.0 Å². The second kappa shape index (κ2) is 5.34. The molecule has 1 heterocycles. The van der Waals surface area contributed by atoms with Gasteiger partial charge in [-0.2, -0.15) is 0 Å². The van der Waals surface area contributed by atoms with Crippen molar-refractivity contribution in [2.24, 2.45) is 0 Å². The maximum absolute atomic E-state index is 10.8. The summed E-state index contributed by atoms with van der Waals surface area (Å²) >= 11 is 5.63. The molecule has 1 aromatic heterocycles. The number of hydrogen-bond donors (Lipinski definition) is 0. The molecule has 0 saturated heterocycles. The monoisotopic (exact) mass is 221 g/mol. The van der Waals surface area contributed by atoms with Gasteiger partial charge in [0, 0.05) is 29.4 Å². The fourth-order valence-corrected chi connectivity index (χ4v) is 1.75. The number of nitrogens with zero attached hydrogens (tertiary/aromatic N) is 3. The van der Waals surface area contributed by atoms with Gasteiger partial charge in [0.2, 0.25) is 0 Å². The zero-order chi connectivity index (χ0) is 9.68. The maximum Gasteiger partial charge on any atom is 0.147 e. The maximum atomic E-state index is 10.8. The molecule has 13 heavy (non-hydrogen) atoms. The minimum atomic E-state index is -0.723. The number of rotatable bonds is 5. The second-order valence-corrected chi connectivity index (χ2v) is 4.53. The number of aromatic nitrogens is 3. The summed E-state index contributed by atoms with van der Waals surface area (Å²) in [5.41, 5.74) is 0. The SMILES string of the molecule is CS(=O)CCCn1cnnc1CCl. The Morgan fingerprint density at radius 3 is 3.08 bits per heavy atom. The molecule has 0 N–H and O–H groups in total. The van der Waals surface area contributed by atoms with E-state index < -0.39 is 10.8 Å². The van der Waals surface area contributed by atoms with Crippen molar-refractivity contribution in [3.8, 4) is 0 Å². The number of alkyl halides is 1. The molecule has 0 bridgehead atoms. The van der Waals surface area contributed by atoms with E-state index >= 15 is 0 Å². The molecule has 6 heteroatoms. The van der Waals surface area contributed by atoms with Gasteiger partial charge in [0.25, 0.3) is 0 Å². The van der Waals surface area contributed by atoms with Crippen molar-refractivity contribution < 1.29 is 4.21 Å². The Morgan fingerprint density at radius 1 is 1.69 bits per heavy atom. The van der Waals surface area contributed by atoms with E-state index in [0.717, 1.165) is 18.8 Å². The Bertz CT molecular complexity index is 289. The molecule has 0 aliphatic rings. The predicted molar refractivity (Wildman–Crippen MR) is 53.1 cm³/mol. The first kappa shape index (κ1) is 10.7. The fourth-order valence-electron chi connectivity index (χ4n) is 1.01. The van der Waals surface area contributed by atoms with E-state index in [1.807, 2.05) is 4.57 Å². The van der Waals surface area contributed by atoms with Crippen molar-refractivity contribution in [3.05, 3.63) is 12.2 Å². The summed E-state index contributed by atoms with van der Waals surface area (Å²) in [5, 5.41) is 7.58. The van der Waals surface area contributed by atoms with Gasteiger partial charge in [0.05, 0.1) is 5.88 Å². The molecule has 1 atom stereocenters. The quantitative estimate of drug-likeness (QED) is 0.691. The predicted octanol–water partition coefficient (Wildman–Crippen LogP) is 0.786. The molecule has 0 spiro atoms. The molecule has 1 unspecified atom stereocenters. The molecule has 0 amide bonds. The van der Waals surface area contributed by atoms with Crippen LogP contribution in [0.5, 0.6) is 0 Å². The van der Waals surface area contributed by atoms with Crippen LogP contribution in [-0.2, 0) is 23.2 Å². The Morgan fingerprint density at radius 2 is 2.46 bits per heavy atom. The largest absolute Gasteiger partial charge is 0.317 e. The molecule has 1 rings (SSSR count). The molecule has 0 aromatic carbocycles. The molecule has 0 fully saturated rings. The molecular weight excluding hydrogens is 210 g/mol. The number of halogens is 1. The third kappa shape index (κ3) is 3.44.